The number of carbonyl (C=O) groups is 1. The summed E-state index contributed by atoms with van der Waals surface area (Å²) in [5, 5.41) is 2.29. The molecule has 2 fully saturated rings. The fourth-order valence-corrected chi connectivity index (χ4v) is 4.88. The van der Waals surface area contributed by atoms with Crippen LogP contribution in [0, 0.1) is 5.41 Å². The van der Waals surface area contributed by atoms with Gasteiger partial charge in [0.25, 0.3) is 0 Å². The third-order valence-electron chi connectivity index (χ3n) is 4.40. The van der Waals surface area contributed by atoms with Crippen molar-refractivity contribution in [1.29, 1.82) is 0 Å². The maximum atomic E-state index is 12.5. The number of hydrogen-bond donors (Lipinski definition) is 2. The lowest BCUT2D eigenvalue weighted by atomic mass is 9.88. The molecule has 6 heteroatoms. The normalized spacial score (nSPS) is 31.0. The lowest BCUT2D eigenvalue weighted by molar-refractivity contribution is -0.121. The molecule has 3 unspecified atom stereocenters. The van der Waals surface area contributed by atoms with Crippen molar-refractivity contribution in [3.63, 3.8) is 0 Å². The first-order valence-corrected chi connectivity index (χ1v) is 8.70. The van der Waals surface area contributed by atoms with Crippen molar-refractivity contribution < 1.29 is 13.2 Å². The van der Waals surface area contributed by atoms with Crippen molar-refractivity contribution in [1.82, 2.24) is 10.0 Å². The molecule has 1 heterocycles. The Hall–Kier alpha value is -1.40. The van der Waals surface area contributed by atoms with E-state index in [9.17, 15) is 13.2 Å². The smallest absolute Gasteiger partial charge is 0.238 e. The molecule has 1 aliphatic carbocycles. The van der Waals surface area contributed by atoms with Crippen LogP contribution in [0.25, 0.3) is 0 Å². The van der Waals surface area contributed by atoms with Gasteiger partial charge in [-0.3, -0.25) is 4.79 Å². The van der Waals surface area contributed by atoms with Gasteiger partial charge >= 0.3 is 0 Å². The number of benzene rings is 1. The van der Waals surface area contributed by atoms with Gasteiger partial charge in [0.15, 0.2) is 0 Å². The highest BCUT2D eigenvalue weighted by atomic mass is 32.2. The first-order chi connectivity index (χ1) is 9.81. The Morgan fingerprint density at radius 3 is 2.48 bits per heavy atom. The zero-order valence-electron chi connectivity index (χ0n) is 12.2. The van der Waals surface area contributed by atoms with E-state index >= 15 is 0 Å². The van der Waals surface area contributed by atoms with Crippen LogP contribution in [-0.2, 0) is 14.8 Å². The second-order valence-corrected chi connectivity index (χ2v) is 8.52. The molecule has 1 saturated carbocycles. The van der Waals surface area contributed by atoms with E-state index in [1.54, 1.807) is 0 Å². The highest BCUT2D eigenvalue weighted by molar-refractivity contribution is 7.90. The minimum atomic E-state index is -3.48. The van der Waals surface area contributed by atoms with Gasteiger partial charge in [-0.1, -0.05) is 44.2 Å². The molecule has 114 valence electrons. The molecule has 1 aromatic rings. The molecule has 3 atom stereocenters. The second kappa shape index (κ2) is 4.81. The summed E-state index contributed by atoms with van der Waals surface area (Å²) in [6.07, 6.45) is 0.619. The third-order valence-corrected chi connectivity index (χ3v) is 6.28. The fraction of sp³-hybridized carbons (Fsp3) is 0.533. The Bertz CT molecular complexity index is 655. The molecule has 0 bridgehead atoms. The first-order valence-electron chi connectivity index (χ1n) is 7.15. The molecule has 5 nitrogen and oxygen atoms in total. The van der Waals surface area contributed by atoms with Gasteiger partial charge < -0.3 is 5.32 Å². The molecule has 1 amide bonds. The molecule has 1 aromatic carbocycles. The standard InChI is InChI=1S/C15H20N2O3S/c1-15(2)9-16-14(18)13(15)17-21(19,20)12-8-11(12)10-6-4-3-5-7-10/h3-7,11-13,17H,8-9H2,1-2H3,(H,16,18). The zero-order valence-corrected chi connectivity index (χ0v) is 13.0. The molecule has 1 saturated heterocycles. The number of nitrogens with one attached hydrogen (secondary N) is 2. The molecule has 2 aliphatic rings. The molecule has 0 radical (unpaired) electrons. The van der Waals surface area contributed by atoms with Crippen molar-refractivity contribution >= 4 is 15.9 Å². The van der Waals surface area contributed by atoms with Crippen molar-refractivity contribution in [2.45, 2.75) is 37.5 Å². The number of rotatable bonds is 4. The Kier molecular flexibility index (Phi) is 3.33. The maximum Gasteiger partial charge on any atom is 0.238 e. The molecule has 2 N–H and O–H groups in total. The molecule has 0 aromatic heterocycles. The zero-order chi connectivity index (χ0) is 15.3. The Balaban J connectivity index is 1.73. The molecule has 0 spiro atoms. The van der Waals surface area contributed by atoms with Crippen LogP contribution >= 0.6 is 0 Å². The summed E-state index contributed by atoms with van der Waals surface area (Å²) < 4.78 is 27.6. The number of amides is 1. The van der Waals surface area contributed by atoms with E-state index in [4.69, 9.17) is 0 Å². The quantitative estimate of drug-likeness (QED) is 0.871. The van der Waals surface area contributed by atoms with E-state index in [-0.39, 0.29) is 11.8 Å². The van der Waals surface area contributed by atoms with Crippen LogP contribution < -0.4 is 10.0 Å². The van der Waals surface area contributed by atoms with Crippen LogP contribution in [0.3, 0.4) is 0 Å². The van der Waals surface area contributed by atoms with Crippen LogP contribution in [-0.4, -0.2) is 32.2 Å². The van der Waals surface area contributed by atoms with Crippen molar-refractivity contribution in [2.75, 3.05) is 6.54 Å². The van der Waals surface area contributed by atoms with Crippen molar-refractivity contribution in [3.05, 3.63) is 35.9 Å². The number of sulfonamides is 1. The van der Waals surface area contributed by atoms with Crippen LogP contribution in [0.15, 0.2) is 30.3 Å². The summed E-state index contributed by atoms with van der Waals surface area (Å²) in [6.45, 7) is 4.27. The monoisotopic (exact) mass is 308 g/mol. The Morgan fingerprint density at radius 1 is 1.24 bits per heavy atom. The van der Waals surface area contributed by atoms with E-state index in [2.05, 4.69) is 10.0 Å². The van der Waals surface area contributed by atoms with E-state index in [1.165, 1.54) is 0 Å². The molecule has 3 rings (SSSR count). The van der Waals surface area contributed by atoms with E-state index < -0.39 is 26.7 Å². The predicted octanol–water partition coefficient (Wildman–Crippen LogP) is 0.987. The highest BCUT2D eigenvalue weighted by Crippen LogP contribution is 2.45. The average molecular weight is 308 g/mol. The lowest BCUT2D eigenvalue weighted by Crippen LogP contribution is -2.48. The minimum Gasteiger partial charge on any atom is -0.354 e. The van der Waals surface area contributed by atoms with Crippen LogP contribution in [0.2, 0.25) is 0 Å². The summed E-state index contributed by atoms with van der Waals surface area (Å²) >= 11 is 0. The fourth-order valence-electron chi connectivity index (χ4n) is 2.90. The van der Waals surface area contributed by atoms with Gasteiger partial charge in [0, 0.05) is 17.9 Å². The van der Waals surface area contributed by atoms with Gasteiger partial charge in [0.2, 0.25) is 15.9 Å². The molecule has 1 aliphatic heterocycles. The maximum absolute atomic E-state index is 12.5. The van der Waals surface area contributed by atoms with Gasteiger partial charge in [-0.05, 0) is 12.0 Å². The Labute approximate surface area is 125 Å². The van der Waals surface area contributed by atoms with Gasteiger partial charge in [0.1, 0.15) is 6.04 Å². The van der Waals surface area contributed by atoms with Gasteiger partial charge in [-0.2, -0.15) is 0 Å². The first kappa shape index (κ1) is 14.5. The number of hydrogen-bond acceptors (Lipinski definition) is 3. The van der Waals surface area contributed by atoms with Crippen molar-refractivity contribution in [3.8, 4) is 0 Å². The SMILES string of the molecule is CC1(C)CNC(=O)C1NS(=O)(=O)C1CC1c1ccccc1. The van der Waals surface area contributed by atoms with Crippen LogP contribution in [0.5, 0.6) is 0 Å². The average Bonchev–Trinajstić information content (AvgIpc) is 3.20. The highest BCUT2D eigenvalue weighted by Gasteiger charge is 2.51. The summed E-state index contributed by atoms with van der Waals surface area (Å²) in [5.74, 6) is -0.197. The van der Waals surface area contributed by atoms with Gasteiger partial charge in [-0.25, -0.2) is 13.1 Å². The second-order valence-electron chi connectivity index (χ2n) is 6.59. The summed E-state index contributed by atoms with van der Waals surface area (Å²) in [7, 11) is -3.48. The molecular weight excluding hydrogens is 288 g/mol. The van der Waals surface area contributed by atoms with Crippen molar-refractivity contribution in [2.24, 2.45) is 5.41 Å². The van der Waals surface area contributed by atoms with Crippen LogP contribution in [0.1, 0.15) is 31.7 Å². The van der Waals surface area contributed by atoms with E-state index in [0.717, 1.165) is 5.56 Å². The molecular formula is C15H20N2O3S. The topological polar surface area (TPSA) is 75.3 Å². The lowest BCUT2D eigenvalue weighted by Gasteiger charge is -2.24. The van der Waals surface area contributed by atoms with Crippen LogP contribution in [0.4, 0.5) is 0 Å². The number of carbonyl (C=O) groups excluding carboxylic acids is 1. The third kappa shape index (κ3) is 2.70. The van der Waals surface area contributed by atoms with E-state index in [0.29, 0.717) is 13.0 Å². The van der Waals surface area contributed by atoms with E-state index in [1.807, 2.05) is 44.2 Å². The van der Waals surface area contributed by atoms with Gasteiger partial charge in [0.05, 0.1) is 5.25 Å². The predicted molar refractivity (Wildman–Crippen MR) is 80.2 cm³/mol. The summed E-state index contributed by atoms with van der Waals surface area (Å²) in [5.41, 5.74) is 0.643. The summed E-state index contributed by atoms with van der Waals surface area (Å²) in [4.78, 5) is 11.8. The van der Waals surface area contributed by atoms with Gasteiger partial charge in [-0.15, -0.1) is 0 Å². The largest absolute Gasteiger partial charge is 0.354 e. The minimum absolute atomic E-state index is 0.0382. The Morgan fingerprint density at radius 2 is 1.90 bits per heavy atom. The summed E-state index contributed by atoms with van der Waals surface area (Å²) in [6, 6.07) is 8.97. The molecule has 21 heavy (non-hydrogen) atoms.